The van der Waals surface area contributed by atoms with E-state index in [1.165, 1.54) is 31.2 Å². The molecule has 0 radical (unpaired) electrons. The first-order valence-corrected chi connectivity index (χ1v) is 11.6. The second kappa shape index (κ2) is 9.20. The number of aromatic nitrogens is 2. The molecule has 0 unspecified atom stereocenters. The van der Waals surface area contributed by atoms with Crippen molar-refractivity contribution in [3.05, 3.63) is 42.2 Å². The van der Waals surface area contributed by atoms with Crippen LogP contribution in [-0.4, -0.2) is 22.0 Å². The number of nitrogens with one attached hydrogen (secondary N) is 1. The second-order valence-electron chi connectivity index (χ2n) is 8.71. The van der Waals surface area contributed by atoms with Gasteiger partial charge in [-0.2, -0.15) is 0 Å². The Morgan fingerprint density at radius 3 is 2.80 bits per heavy atom. The smallest absolute Gasteiger partial charge is 0.330 e. The summed E-state index contributed by atoms with van der Waals surface area (Å²) in [6.07, 6.45) is 4.74. The van der Waals surface area contributed by atoms with Gasteiger partial charge in [0.2, 0.25) is 0 Å². The number of carbonyl (C=O) groups is 1. The number of nitrogen functional groups attached to an aromatic ring is 1. The molecule has 7 nitrogen and oxygen atoms in total. The third kappa shape index (κ3) is 4.53. The van der Waals surface area contributed by atoms with Gasteiger partial charge in [-0.25, -0.2) is 4.79 Å². The standard InChI is InChI=1S/C22H32N4O3S/c1-5-6-9-25-19(23)18(20(27)24-22(25)29)26(12-13(2)3)21(28)17-11-15-10-14(4)7-8-16(15)30-17/h11,13-14H,5-10,12,23H2,1-4H3,(H,24,27,29)/t14-/m0/s1. The zero-order valence-corrected chi connectivity index (χ0v) is 19.1. The van der Waals surface area contributed by atoms with E-state index in [1.54, 1.807) is 0 Å². The highest BCUT2D eigenvalue weighted by molar-refractivity contribution is 7.14. The average molecular weight is 433 g/mol. The molecule has 0 fully saturated rings. The maximum absolute atomic E-state index is 13.5. The largest absolute Gasteiger partial charge is 0.383 e. The molecule has 1 aliphatic carbocycles. The summed E-state index contributed by atoms with van der Waals surface area (Å²) < 4.78 is 1.36. The van der Waals surface area contributed by atoms with Gasteiger partial charge in [-0.1, -0.05) is 34.1 Å². The van der Waals surface area contributed by atoms with E-state index >= 15 is 0 Å². The van der Waals surface area contributed by atoms with E-state index in [-0.39, 0.29) is 23.3 Å². The number of hydrogen-bond donors (Lipinski definition) is 2. The van der Waals surface area contributed by atoms with Crippen molar-refractivity contribution >= 4 is 28.7 Å². The fourth-order valence-electron chi connectivity index (χ4n) is 3.96. The van der Waals surface area contributed by atoms with Crippen molar-refractivity contribution in [2.75, 3.05) is 17.2 Å². The number of fused-ring (bicyclic) bond motifs is 1. The van der Waals surface area contributed by atoms with Crippen LogP contribution in [-0.2, 0) is 19.4 Å². The molecule has 3 rings (SSSR count). The van der Waals surface area contributed by atoms with Gasteiger partial charge < -0.3 is 5.73 Å². The molecule has 1 aliphatic rings. The lowest BCUT2D eigenvalue weighted by atomic mass is 9.90. The van der Waals surface area contributed by atoms with Gasteiger partial charge in [0, 0.05) is 18.0 Å². The predicted octanol–water partition coefficient (Wildman–Crippen LogP) is 3.41. The van der Waals surface area contributed by atoms with Crippen molar-refractivity contribution < 1.29 is 4.79 Å². The third-order valence-electron chi connectivity index (χ3n) is 5.55. The van der Waals surface area contributed by atoms with Gasteiger partial charge in [-0.3, -0.25) is 24.0 Å². The van der Waals surface area contributed by atoms with Crippen LogP contribution in [0.4, 0.5) is 11.5 Å². The van der Waals surface area contributed by atoms with Crippen molar-refractivity contribution in [1.82, 2.24) is 9.55 Å². The van der Waals surface area contributed by atoms with Crippen LogP contribution in [0.1, 0.15) is 67.1 Å². The van der Waals surface area contributed by atoms with Gasteiger partial charge >= 0.3 is 5.69 Å². The highest BCUT2D eigenvalue weighted by Crippen LogP contribution is 2.33. The van der Waals surface area contributed by atoms with Crippen LogP contribution in [0.25, 0.3) is 0 Å². The summed E-state index contributed by atoms with van der Waals surface area (Å²) in [4.78, 5) is 44.3. The first-order chi connectivity index (χ1) is 14.2. The number of anilines is 2. The molecule has 0 aromatic carbocycles. The van der Waals surface area contributed by atoms with Gasteiger partial charge in [0.05, 0.1) is 4.88 Å². The summed E-state index contributed by atoms with van der Waals surface area (Å²) >= 11 is 1.52. The molecule has 0 saturated heterocycles. The number of rotatable bonds is 7. The third-order valence-corrected chi connectivity index (χ3v) is 6.78. The van der Waals surface area contributed by atoms with Crippen molar-refractivity contribution in [2.45, 2.75) is 66.3 Å². The van der Waals surface area contributed by atoms with Crippen molar-refractivity contribution in [1.29, 1.82) is 0 Å². The molecule has 0 spiro atoms. The summed E-state index contributed by atoms with van der Waals surface area (Å²) in [6.45, 7) is 8.96. The van der Waals surface area contributed by atoms with E-state index in [0.29, 0.717) is 23.9 Å². The van der Waals surface area contributed by atoms with Gasteiger partial charge in [0.1, 0.15) is 5.82 Å². The van der Waals surface area contributed by atoms with Crippen LogP contribution in [0.15, 0.2) is 15.7 Å². The summed E-state index contributed by atoms with van der Waals surface area (Å²) in [6, 6.07) is 1.98. The molecule has 30 heavy (non-hydrogen) atoms. The average Bonchev–Trinajstić information content (AvgIpc) is 3.09. The maximum atomic E-state index is 13.5. The van der Waals surface area contributed by atoms with Crippen LogP contribution in [0, 0.1) is 11.8 Å². The van der Waals surface area contributed by atoms with E-state index < -0.39 is 11.2 Å². The Hall–Kier alpha value is -2.35. The Morgan fingerprint density at radius 2 is 2.13 bits per heavy atom. The normalized spacial score (nSPS) is 16.0. The van der Waals surface area contributed by atoms with Crippen LogP contribution >= 0.6 is 11.3 Å². The predicted molar refractivity (Wildman–Crippen MR) is 123 cm³/mol. The molecule has 1 amide bonds. The fraction of sp³-hybridized carbons (Fsp3) is 0.591. The monoisotopic (exact) mass is 432 g/mol. The van der Waals surface area contributed by atoms with Crippen molar-refractivity contribution in [3.63, 3.8) is 0 Å². The van der Waals surface area contributed by atoms with E-state index in [4.69, 9.17) is 5.73 Å². The number of amides is 1. The number of hydrogen-bond acceptors (Lipinski definition) is 5. The summed E-state index contributed by atoms with van der Waals surface area (Å²) in [5.74, 6) is 0.565. The second-order valence-corrected chi connectivity index (χ2v) is 9.85. The fourth-order valence-corrected chi connectivity index (χ4v) is 5.12. The van der Waals surface area contributed by atoms with E-state index in [0.717, 1.165) is 32.1 Å². The Bertz CT molecular complexity index is 1030. The number of thiophene rings is 1. The Morgan fingerprint density at radius 1 is 1.40 bits per heavy atom. The van der Waals surface area contributed by atoms with Crippen molar-refractivity contribution in [2.24, 2.45) is 11.8 Å². The maximum Gasteiger partial charge on any atom is 0.330 e. The minimum absolute atomic E-state index is 0.0566. The number of nitrogens with two attached hydrogens (primary N) is 1. The lowest BCUT2D eigenvalue weighted by Gasteiger charge is -2.25. The molecular weight excluding hydrogens is 400 g/mol. The van der Waals surface area contributed by atoms with Crippen LogP contribution in [0.5, 0.6) is 0 Å². The molecule has 0 aliphatic heterocycles. The minimum atomic E-state index is -0.616. The Labute approximate surface area is 180 Å². The highest BCUT2D eigenvalue weighted by atomic mass is 32.1. The van der Waals surface area contributed by atoms with Crippen LogP contribution < -0.4 is 21.9 Å². The van der Waals surface area contributed by atoms with Crippen LogP contribution in [0.2, 0.25) is 0 Å². The Kier molecular flexibility index (Phi) is 6.85. The van der Waals surface area contributed by atoms with Gasteiger partial charge in [0.25, 0.3) is 11.5 Å². The molecule has 2 aromatic heterocycles. The molecule has 1 atom stereocenters. The number of H-pyrrole nitrogens is 1. The SMILES string of the molecule is CCCCn1c(N)c(N(CC(C)C)C(=O)c2cc3c(s2)CC[C@H](C)C3)c(=O)[nH]c1=O. The number of aromatic amines is 1. The Balaban J connectivity index is 2.06. The molecule has 164 valence electrons. The number of unbranched alkanes of at least 4 members (excludes halogenated alkanes) is 1. The highest BCUT2D eigenvalue weighted by Gasteiger charge is 2.28. The summed E-state index contributed by atoms with van der Waals surface area (Å²) in [7, 11) is 0. The molecule has 3 N–H and O–H groups in total. The minimum Gasteiger partial charge on any atom is -0.383 e. The van der Waals surface area contributed by atoms with E-state index in [2.05, 4.69) is 11.9 Å². The van der Waals surface area contributed by atoms with E-state index in [1.807, 2.05) is 26.8 Å². The first-order valence-electron chi connectivity index (χ1n) is 10.8. The summed E-state index contributed by atoms with van der Waals surface area (Å²) in [5, 5.41) is 0. The molecular formula is C22H32N4O3S. The first kappa shape index (κ1) is 22.3. The molecule has 0 saturated carbocycles. The topological polar surface area (TPSA) is 101 Å². The number of aryl methyl sites for hydroxylation is 1. The van der Waals surface area contributed by atoms with Gasteiger partial charge in [-0.15, -0.1) is 11.3 Å². The summed E-state index contributed by atoms with van der Waals surface area (Å²) in [5.41, 5.74) is 6.45. The van der Waals surface area contributed by atoms with Gasteiger partial charge in [-0.05, 0) is 49.1 Å². The van der Waals surface area contributed by atoms with Crippen LogP contribution in [0.3, 0.4) is 0 Å². The quantitative estimate of drug-likeness (QED) is 0.700. The van der Waals surface area contributed by atoms with E-state index in [9.17, 15) is 14.4 Å². The molecule has 2 heterocycles. The van der Waals surface area contributed by atoms with Crippen molar-refractivity contribution in [3.8, 4) is 0 Å². The lowest BCUT2D eigenvalue weighted by molar-refractivity contribution is 0.0987. The molecule has 0 bridgehead atoms. The van der Waals surface area contributed by atoms with Gasteiger partial charge in [0.15, 0.2) is 5.69 Å². The number of carbonyl (C=O) groups excluding carboxylic acids is 1. The number of nitrogens with zero attached hydrogens (tertiary/aromatic N) is 2. The molecule has 2 aromatic rings. The molecule has 8 heteroatoms. The zero-order chi connectivity index (χ0) is 22.0. The zero-order valence-electron chi connectivity index (χ0n) is 18.3. The lowest BCUT2D eigenvalue weighted by Crippen LogP contribution is -2.42.